The molecule has 0 aliphatic carbocycles. The average Bonchev–Trinajstić information content (AvgIpc) is 2.66. The fourth-order valence-electron chi connectivity index (χ4n) is 3.08. The van der Waals surface area contributed by atoms with E-state index in [2.05, 4.69) is 23.5 Å². The van der Waals surface area contributed by atoms with Crippen molar-refractivity contribution >= 4 is 22.6 Å². The Labute approximate surface area is 153 Å². The zero-order chi connectivity index (χ0) is 18.5. The molecular weight excluding hydrogens is 324 g/mol. The number of carbonyl (C=O) groups excluding carboxylic acids is 2. The van der Waals surface area contributed by atoms with Crippen molar-refractivity contribution in [2.75, 3.05) is 0 Å². The molecule has 132 valence electrons. The molecule has 0 saturated carbocycles. The standard InChI is InChI=1S/C22H22N2O2/c1-15(19-8-4-6-17-5-2-3-7-20(17)19)24-22(26)18-12-9-16(10-13-18)11-14-21(23)25/h2-10,12-13,15H,11,14H2,1H3,(H2,23,25)(H,24,26). The van der Waals surface area contributed by atoms with Gasteiger partial charge < -0.3 is 11.1 Å². The van der Waals surface area contributed by atoms with Gasteiger partial charge in [-0.05, 0) is 47.4 Å². The van der Waals surface area contributed by atoms with Crippen LogP contribution in [-0.2, 0) is 11.2 Å². The van der Waals surface area contributed by atoms with E-state index in [1.807, 2.05) is 43.3 Å². The molecule has 0 radical (unpaired) electrons. The van der Waals surface area contributed by atoms with Gasteiger partial charge in [0.15, 0.2) is 0 Å². The summed E-state index contributed by atoms with van der Waals surface area (Å²) < 4.78 is 0. The van der Waals surface area contributed by atoms with Crippen molar-refractivity contribution in [1.29, 1.82) is 0 Å². The second-order valence-electron chi connectivity index (χ2n) is 6.43. The number of rotatable bonds is 6. The van der Waals surface area contributed by atoms with E-state index in [9.17, 15) is 9.59 Å². The molecule has 0 aliphatic rings. The molecule has 3 aromatic rings. The molecule has 4 nitrogen and oxygen atoms in total. The molecule has 0 fully saturated rings. The van der Waals surface area contributed by atoms with Crippen molar-refractivity contribution in [3.05, 3.63) is 83.4 Å². The Morgan fingerprint density at radius 1 is 0.962 bits per heavy atom. The Morgan fingerprint density at radius 3 is 2.38 bits per heavy atom. The summed E-state index contributed by atoms with van der Waals surface area (Å²) in [4.78, 5) is 23.4. The maximum atomic E-state index is 12.6. The molecular formula is C22H22N2O2. The highest BCUT2D eigenvalue weighted by molar-refractivity contribution is 5.95. The van der Waals surface area contributed by atoms with Gasteiger partial charge >= 0.3 is 0 Å². The Balaban J connectivity index is 1.71. The quantitative estimate of drug-likeness (QED) is 0.713. The number of hydrogen-bond donors (Lipinski definition) is 2. The van der Waals surface area contributed by atoms with Gasteiger partial charge in [-0.25, -0.2) is 0 Å². The molecule has 1 unspecified atom stereocenters. The minimum atomic E-state index is -0.323. The second kappa shape index (κ2) is 7.83. The molecule has 0 heterocycles. The summed E-state index contributed by atoms with van der Waals surface area (Å²) in [6.07, 6.45) is 0.896. The van der Waals surface area contributed by atoms with Gasteiger partial charge in [-0.15, -0.1) is 0 Å². The normalized spacial score (nSPS) is 11.9. The second-order valence-corrected chi connectivity index (χ2v) is 6.43. The van der Waals surface area contributed by atoms with Crippen LogP contribution in [0.1, 0.15) is 40.9 Å². The highest BCUT2D eigenvalue weighted by atomic mass is 16.2. The van der Waals surface area contributed by atoms with Crippen molar-refractivity contribution < 1.29 is 9.59 Å². The van der Waals surface area contributed by atoms with Gasteiger partial charge in [0.05, 0.1) is 6.04 Å². The minimum absolute atomic E-state index is 0.108. The lowest BCUT2D eigenvalue weighted by molar-refractivity contribution is -0.117. The van der Waals surface area contributed by atoms with E-state index in [0.29, 0.717) is 18.4 Å². The molecule has 0 spiro atoms. The summed E-state index contributed by atoms with van der Waals surface area (Å²) in [5, 5.41) is 5.36. The van der Waals surface area contributed by atoms with Crippen LogP contribution in [0.15, 0.2) is 66.7 Å². The highest BCUT2D eigenvalue weighted by Crippen LogP contribution is 2.24. The molecule has 3 N–H and O–H groups in total. The van der Waals surface area contributed by atoms with E-state index in [-0.39, 0.29) is 17.9 Å². The predicted molar refractivity (Wildman–Crippen MR) is 104 cm³/mol. The molecule has 2 amide bonds. The fraction of sp³-hybridized carbons (Fsp3) is 0.182. The van der Waals surface area contributed by atoms with Crippen molar-refractivity contribution in [3.8, 4) is 0 Å². The van der Waals surface area contributed by atoms with Gasteiger partial charge in [-0.2, -0.15) is 0 Å². The van der Waals surface area contributed by atoms with E-state index in [1.54, 1.807) is 12.1 Å². The van der Waals surface area contributed by atoms with Gasteiger partial charge in [0.25, 0.3) is 5.91 Å². The SMILES string of the molecule is CC(NC(=O)c1ccc(CCC(N)=O)cc1)c1cccc2ccccc12. The topological polar surface area (TPSA) is 72.2 Å². The molecule has 4 heteroatoms. The van der Waals surface area contributed by atoms with E-state index < -0.39 is 0 Å². The number of fused-ring (bicyclic) bond motifs is 1. The Hall–Kier alpha value is -3.14. The molecule has 3 aromatic carbocycles. The number of nitrogens with one attached hydrogen (secondary N) is 1. The van der Waals surface area contributed by atoms with Crippen LogP contribution in [-0.4, -0.2) is 11.8 Å². The number of amides is 2. The van der Waals surface area contributed by atoms with Crippen LogP contribution in [0.2, 0.25) is 0 Å². The van der Waals surface area contributed by atoms with Gasteiger partial charge in [-0.1, -0.05) is 54.6 Å². The zero-order valence-corrected chi connectivity index (χ0v) is 14.7. The van der Waals surface area contributed by atoms with Crippen LogP contribution in [0.3, 0.4) is 0 Å². The summed E-state index contributed by atoms with van der Waals surface area (Å²) in [5.41, 5.74) is 7.84. The van der Waals surface area contributed by atoms with E-state index in [0.717, 1.165) is 21.9 Å². The van der Waals surface area contributed by atoms with Crippen LogP contribution >= 0.6 is 0 Å². The fourth-order valence-corrected chi connectivity index (χ4v) is 3.08. The smallest absolute Gasteiger partial charge is 0.251 e. The first kappa shape index (κ1) is 17.7. The first-order chi connectivity index (χ1) is 12.5. The maximum Gasteiger partial charge on any atom is 0.251 e. The third-order valence-corrected chi connectivity index (χ3v) is 4.51. The summed E-state index contributed by atoms with van der Waals surface area (Å²) in [6, 6.07) is 21.4. The predicted octanol–water partition coefficient (Wildman–Crippen LogP) is 3.75. The third-order valence-electron chi connectivity index (χ3n) is 4.51. The monoisotopic (exact) mass is 346 g/mol. The molecule has 0 aliphatic heterocycles. The van der Waals surface area contributed by atoms with Crippen molar-refractivity contribution in [1.82, 2.24) is 5.32 Å². The zero-order valence-electron chi connectivity index (χ0n) is 14.7. The lowest BCUT2D eigenvalue weighted by Gasteiger charge is -2.17. The van der Waals surface area contributed by atoms with E-state index >= 15 is 0 Å². The minimum Gasteiger partial charge on any atom is -0.370 e. The maximum absolute atomic E-state index is 12.6. The lowest BCUT2D eigenvalue weighted by atomic mass is 9.99. The highest BCUT2D eigenvalue weighted by Gasteiger charge is 2.13. The first-order valence-electron chi connectivity index (χ1n) is 8.70. The Bertz CT molecular complexity index is 927. The third kappa shape index (κ3) is 4.09. The van der Waals surface area contributed by atoms with Crippen LogP contribution in [0, 0.1) is 0 Å². The Kier molecular flexibility index (Phi) is 5.32. The molecule has 0 bridgehead atoms. The molecule has 1 atom stereocenters. The summed E-state index contributed by atoms with van der Waals surface area (Å²) in [6.45, 7) is 1.99. The first-order valence-corrected chi connectivity index (χ1v) is 8.70. The summed E-state index contributed by atoms with van der Waals surface area (Å²) in [5.74, 6) is -0.442. The summed E-state index contributed by atoms with van der Waals surface area (Å²) >= 11 is 0. The Morgan fingerprint density at radius 2 is 1.65 bits per heavy atom. The van der Waals surface area contributed by atoms with Crippen molar-refractivity contribution in [2.24, 2.45) is 5.73 Å². The van der Waals surface area contributed by atoms with Crippen LogP contribution < -0.4 is 11.1 Å². The number of aryl methyl sites for hydroxylation is 1. The summed E-state index contributed by atoms with van der Waals surface area (Å²) in [7, 11) is 0. The van der Waals surface area contributed by atoms with Crippen LogP contribution in [0.5, 0.6) is 0 Å². The molecule has 0 saturated heterocycles. The van der Waals surface area contributed by atoms with Crippen LogP contribution in [0.25, 0.3) is 10.8 Å². The lowest BCUT2D eigenvalue weighted by Crippen LogP contribution is -2.26. The average molecular weight is 346 g/mol. The number of carbonyl (C=O) groups is 2. The van der Waals surface area contributed by atoms with Gasteiger partial charge in [0, 0.05) is 12.0 Å². The molecule has 3 rings (SSSR count). The molecule has 0 aromatic heterocycles. The number of primary amides is 1. The van der Waals surface area contributed by atoms with Crippen molar-refractivity contribution in [2.45, 2.75) is 25.8 Å². The van der Waals surface area contributed by atoms with E-state index in [4.69, 9.17) is 5.73 Å². The number of nitrogens with two attached hydrogens (primary N) is 1. The van der Waals surface area contributed by atoms with Gasteiger partial charge in [-0.3, -0.25) is 9.59 Å². The number of hydrogen-bond acceptors (Lipinski definition) is 2. The van der Waals surface area contributed by atoms with Crippen molar-refractivity contribution in [3.63, 3.8) is 0 Å². The van der Waals surface area contributed by atoms with E-state index in [1.165, 1.54) is 0 Å². The van der Waals surface area contributed by atoms with Gasteiger partial charge in [0.2, 0.25) is 5.91 Å². The largest absolute Gasteiger partial charge is 0.370 e. The van der Waals surface area contributed by atoms with Gasteiger partial charge in [0.1, 0.15) is 0 Å². The number of benzene rings is 3. The molecule has 26 heavy (non-hydrogen) atoms. The van der Waals surface area contributed by atoms with Crippen LogP contribution in [0.4, 0.5) is 0 Å².